The first kappa shape index (κ1) is 17.4. The number of carbonyl (C=O) groups excluding carboxylic acids is 1. The van der Waals surface area contributed by atoms with Crippen molar-refractivity contribution in [2.75, 3.05) is 6.61 Å². The van der Waals surface area contributed by atoms with Gasteiger partial charge in [-0.15, -0.1) is 12.4 Å². The SMILES string of the molecule is Cl.O=C1N[C@@H](c2ccc(C(F)(F)F)cc2F)C(F)(F)CO1. The molecule has 2 rings (SSSR count). The Bertz CT molecular complexity index is 548. The molecule has 3 nitrogen and oxygen atoms in total. The van der Waals surface area contributed by atoms with Crippen LogP contribution >= 0.6 is 12.4 Å². The summed E-state index contributed by atoms with van der Waals surface area (Å²) in [4.78, 5) is 10.9. The molecule has 0 bridgehead atoms. The molecule has 1 aliphatic heterocycles. The van der Waals surface area contributed by atoms with Crippen molar-refractivity contribution in [3.8, 4) is 0 Å². The number of alkyl halides is 5. The second kappa shape index (κ2) is 5.63. The summed E-state index contributed by atoms with van der Waals surface area (Å²) < 4.78 is 81.8. The van der Waals surface area contributed by atoms with Crippen molar-refractivity contribution in [3.63, 3.8) is 0 Å². The van der Waals surface area contributed by atoms with Crippen LogP contribution in [0.3, 0.4) is 0 Å². The molecule has 1 aromatic rings. The minimum Gasteiger partial charge on any atom is -0.443 e. The van der Waals surface area contributed by atoms with Crippen molar-refractivity contribution >= 4 is 18.5 Å². The summed E-state index contributed by atoms with van der Waals surface area (Å²) >= 11 is 0. The van der Waals surface area contributed by atoms with Crippen LogP contribution in [-0.4, -0.2) is 18.6 Å². The number of amides is 1. The zero-order valence-electron chi connectivity index (χ0n) is 10.0. The summed E-state index contributed by atoms with van der Waals surface area (Å²) in [6, 6.07) is -0.933. The molecule has 1 amide bonds. The van der Waals surface area contributed by atoms with Crippen molar-refractivity contribution in [2.45, 2.75) is 18.1 Å². The standard InChI is InChI=1S/C11H7F6NO2.ClH/c12-7-3-5(11(15,16)17)1-2-6(7)8-10(13,14)4-20-9(19)18-8;/h1-3,8H,4H2,(H,18,19);1H/t8-;/m0./s1. The van der Waals surface area contributed by atoms with E-state index in [2.05, 4.69) is 4.74 Å². The number of alkyl carbamates (subject to hydrolysis) is 1. The molecule has 1 saturated heterocycles. The van der Waals surface area contributed by atoms with Gasteiger partial charge in [0.25, 0.3) is 0 Å². The first-order valence-corrected chi connectivity index (χ1v) is 5.29. The Morgan fingerprint density at radius 2 is 1.90 bits per heavy atom. The highest BCUT2D eigenvalue weighted by Gasteiger charge is 2.48. The third-order valence-electron chi connectivity index (χ3n) is 2.72. The number of hydrogen-bond donors (Lipinski definition) is 1. The van der Waals surface area contributed by atoms with Crippen LogP contribution in [0.1, 0.15) is 17.2 Å². The molecule has 21 heavy (non-hydrogen) atoms. The lowest BCUT2D eigenvalue weighted by molar-refractivity contribution is -0.137. The largest absolute Gasteiger partial charge is 0.443 e. The van der Waals surface area contributed by atoms with Crippen molar-refractivity contribution < 1.29 is 35.9 Å². The van der Waals surface area contributed by atoms with Gasteiger partial charge in [0.05, 0.1) is 5.56 Å². The molecule has 1 fully saturated rings. The van der Waals surface area contributed by atoms with Gasteiger partial charge in [-0.25, -0.2) is 18.0 Å². The molecule has 0 radical (unpaired) electrons. The van der Waals surface area contributed by atoms with Gasteiger partial charge < -0.3 is 10.1 Å². The number of hydrogen-bond acceptors (Lipinski definition) is 2. The maximum absolute atomic E-state index is 13.6. The van der Waals surface area contributed by atoms with Crippen LogP contribution in [0.2, 0.25) is 0 Å². The van der Waals surface area contributed by atoms with E-state index in [9.17, 15) is 31.1 Å². The van der Waals surface area contributed by atoms with Gasteiger partial charge in [0.15, 0.2) is 6.61 Å². The number of halogens is 7. The van der Waals surface area contributed by atoms with Gasteiger partial charge >= 0.3 is 18.2 Å². The lowest BCUT2D eigenvalue weighted by Gasteiger charge is -2.32. The molecular weight excluding hydrogens is 328 g/mol. The Morgan fingerprint density at radius 1 is 1.29 bits per heavy atom. The Hall–Kier alpha value is -1.64. The van der Waals surface area contributed by atoms with E-state index in [1.165, 1.54) is 0 Å². The van der Waals surface area contributed by atoms with Crippen LogP contribution in [0.5, 0.6) is 0 Å². The van der Waals surface area contributed by atoms with Gasteiger partial charge in [-0.3, -0.25) is 0 Å². The summed E-state index contributed by atoms with van der Waals surface area (Å²) in [6.07, 6.45) is -5.99. The van der Waals surface area contributed by atoms with E-state index in [0.717, 1.165) is 0 Å². The van der Waals surface area contributed by atoms with Crippen LogP contribution in [-0.2, 0) is 10.9 Å². The van der Waals surface area contributed by atoms with Gasteiger partial charge in [-0.05, 0) is 12.1 Å². The van der Waals surface area contributed by atoms with Gasteiger partial charge in [0.2, 0.25) is 0 Å². The molecule has 1 N–H and O–H groups in total. The second-order valence-electron chi connectivity index (χ2n) is 4.15. The fourth-order valence-corrected chi connectivity index (χ4v) is 1.75. The van der Waals surface area contributed by atoms with Gasteiger partial charge in [0, 0.05) is 5.56 Å². The molecule has 1 atom stereocenters. The molecule has 0 saturated carbocycles. The third kappa shape index (κ3) is 3.52. The predicted molar refractivity (Wildman–Crippen MR) is 60.8 cm³/mol. The summed E-state index contributed by atoms with van der Waals surface area (Å²) in [5.41, 5.74) is -2.04. The zero-order chi connectivity index (χ0) is 15.1. The Kier molecular flexibility index (Phi) is 4.66. The number of benzene rings is 1. The summed E-state index contributed by atoms with van der Waals surface area (Å²) in [6.45, 7) is -1.27. The maximum atomic E-state index is 13.6. The Morgan fingerprint density at radius 3 is 2.43 bits per heavy atom. The van der Waals surface area contributed by atoms with Crippen molar-refractivity contribution in [1.82, 2.24) is 5.32 Å². The Labute approximate surface area is 120 Å². The minimum atomic E-state index is -4.79. The summed E-state index contributed by atoms with van der Waals surface area (Å²) in [5.74, 6) is -5.11. The highest BCUT2D eigenvalue weighted by Crippen LogP contribution is 2.37. The van der Waals surface area contributed by atoms with Crippen molar-refractivity contribution in [1.29, 1.82) is 0 Å². The van der Waals surface area contributed by atoms with Gasteiger partial charge in [0.1, 0.15) is 11.9 Å². The predicted octanol–water partition coefficient (Wildman–Crippen LogP) is 3.68. The fourth-order valence-electron chi connectivity index (χ4n) is 1.75. The number of ether oxygens (including phenoxy) is 1. The van der Waals surface area contributed by atoms with Crippen LogP contribution < -0.4 is 5.32 Å². The smallest absolute Gasteiger partial charge is 0.416 e. The average Bonchev–Trinajstić information content (AvgIpc) is 2.31. The number of nitrogens with one attached hydrogen (secondary N) is 1. The molecule has 0 aliphatic carbocycles. The molecule has 10 heteroatoms. The molecule has 118 valence electrons. The lowest BCUT2D eigenvalue weighted by Crippen LogP contribution is -2.49. The highest BCUT2D eigenvalue weighted by atomic mass is 35.5. The molecular formula is C11H8ClF6NO2. The van der Waals surface area contributed by atoms with E-state index in [4.69, 9.17) is 0 Å². The van der Waals surface area contributed by atoms with E-state index < -0.39 is 47.8 Å². The highest BCUT2D eigenvalue weighted by molar-refractivity contribution is 5.85. The molecule has 1 aromatic carbocycles. The van der Waals surface area contributed by atoms with Crippen LogP contribution in [0.15, 0.2) is 18.2 Å². The van der Waals surface area contributed by atoms with Crippen LogP contribution in [0.25, 0.3) is 0 Å². The van der Waals surface area contributed by atoms with E-state index in [1.54, 1.807) is 5.32 Å². The first-order chi connectivity index (χ1) is 9.11. The summed E-state index contributed by atoms with van der Waals surface area (Å²) in [7, 11) is 0. The molecule has 1 heterocycles. The fraction of sp³-hybridized carbons (Fsp3) is 0.364. The van der Waals surface area contributed by atoms with Crippen molar-refractivity contribution in [2.24, 2.45) is 0 Å². The first-order valence-electron chi connectivity index (χ1n) is 5.29. The average molecular weight is 336 g/mol. The number of rotatable bonds is 1. The van der Waals surface area contributed by atoms with E-state index >= 15 is 0 Å². The zero-order valence-corrected chi connectivity index (χ0v) is 10.8. The maximum Gasteiger partial charge on any atom is 0.416 e. The second-order valence-corrected chi connectivity index (χ2v) is 4.15. The quantitative estimate of drug-likeness (QED) is 0.795. The molecule has 0 unspecified atom stereocenters. The number of cyclic esters (lactones) is 1. The normalized spacial score (nSPS) is 21.0. The lowest BCUT2D eigenvalue weighted by atomic mass is 9.98. The van der Waals surface area contributed by atoms with Gasteiger partial charge in [-0.2, -0.15) is 13.2 Å². The van der Waals surface area contributed by atoms with Crippen molar-refractivity contribution in [3.05, 3.63) is 35.1 Å². The summed E-state index contributed by atoms with van der Waals surface area (Å²) in [5, 5.41) is 1.69. The topological polar surface area (TPSA) is 38.3 Å². The Balaban J connectivity index is 0.00000220. The molecule has 1 aliphatic rings. The van der Waals surface area contributed by atoms with Crippen LogP contribution in [0, 0.1) is 5.82 Å². The van der Waals surface area contributed by atoms with Gasteiger partial charge in [-0.1, -0.05) is 6.07 Å². The molecule has 0 spiro atoms. The van der Waals surface area contributed by atoms with E-state index in [-0.39, 0.29) is 18.5 Å². The molecule has 0 aromatic heterocycles. The van der Waals surface area contributed by atoms with Crippen LogP contribution in [0.4, 0.5) is 31.1 Å². The van der Waals surface area contributed by atoms with E-state index in [0.29, 0.717) is 12.1 Å². The number of carbonyl (C=O) groups is 1. The minimum absolute atomic E-state index is 0. The van der Waals surface area contributed by atoms with E-state index in [1.807, 2.05) is 0 Å². The third-order valence-corrected chi connectivity index (χ3v) is 2.72. The monoisotopic (exact) mass is 335 g/mol.